The van der Waals surface area contributed by atoms with Crippen molar-refractivity contribution in [1.29, 1.82) is 0 Å². The molecule has 10 heteroatoms. The van der Waals surface area contributed by atoms with Gasteiger partial charge < -0.3 is 18.9 Å². The quantitative estimate of drug-likeness (QED) is 0.417. The van der Waals surface area contributed by atoms with Gasteiger partial charge in [-0.2, -0.15) is 0 Å². The highest BCUT2D eigenvalue weighted by molar-refractivity contribution is 7.80. The lowest BCUT2D eigenvalue weighted by Crippen LogP contribution is -2.49. The average molecular weight is 448 g/mol. The molecule has 31 heavy (non-hydrogen) atoms. The smallest absolute Gasteiger partial charge is 0.276 e. The number of carbonyl (C=O) groups is 2. The topological polar surface area (TPSA) is 107 Å². The van der Waals surface area contributed by atoms with Crippen LogP contribution in [0.5, 0.6) is 23.0 Å². The van der Waals surface area contributed by atoms with Crippen LogP contribution in [-0.4, -0.2) is 44.9 Å². The minimum Gasteiger partial charge on any atom is -0.493 e. The Morgan fingerprint density at radius 2 is 1.55 bits per heavy atom. The first-order chi connectivity index (χ1) is 14.9. The molecular formula is C21H25N3O6S. The number of thiocarbonyl (C=S) groups is 1. The van der Waals surface area contributed by atoms with Crippen LogP contribution < -0.4 is 35.1 Å². The fourth-order valence-corrected chi connectivity index (χ4v) is 2.70. The molecule has 9 nitrogen and oxygen atoms in total. The van der Waals surface area contributed by atoms with E-state index in [4.69, 9.17) is 31.2 Å². The number of amides is 2. The Morgan fingerprint density at radius 3 is 2.06 bits per heavy atom. The molecule has 2 rings (SSSR count). The highest BCUT2D eigenvalue weighted by Crippen LogP contribution is 2.38. The van der Waals surface area contributed by atoms with Crippen molar-refractivity contribution in [2.24, 2.45) is 0 Å². The van der Waals surface area contributed by atoms with Crippen LogP contribution in [0.15, 0.2) is 36.4 Å². The summed E-state index contributed by atoms with van der Waals surface area (Å²) in [5.74, 6) is 0.582. The summed E-state index contributed by atoms with van der Waals surface area (Å²) >= 11 is 5.04. The van der Waals surface area contributed by atoms with Crippen molar-refractivity contribution in [3.05, 3.63) is 47.5 Å². The van der Waals surface area contributed by atoms with E-state index >= 15 is 0 Å². The molecule has 0 unspecified atom stereocenters. The molecule has 0 bridgehead atoms. The number of benzene rings is 2. The second-order valence-corrected chi connectivity index (χ2v) is 6.56. The molecule has 0 aliphatic heterocycles. The van der Waals surface area contributed by atoms with Gasteiger partial charge >= 0.3 is 0 Å². The summed E-state index contributed by atoms with van der Waals surface area (Å²) in [6.45, 7) is 1.83. The van der Waals surface area contributed by atoms with Crippen molar-refractivity contribution in [1.82, 2.24) is 16.2 Å². The van der Waals surface area contributed by atoms with Gasteiger partial charge in [-0.25, -0.2) is 0 Å². The van der Waals surface area contributed by atoms with Gasteiger partial charge in [0, 0.05) is 5.56 Å². The molecule has 2 amide bonds. The van der Waals surface area contributed by atoms with Crippen LogP contribution in [0, 0.1) is 0 Å². The molecule has 0 heterocycles. The van der Waals surface area contributed by atoms with Crippen LogP contribution in [0.3, 0.4) is 0 Å². The van der Waals surface area contributed by atoms with E-state index < -0.39 is 11.8 Å². The monoisotopic (exact) mass is 447 g/mol. The molecule has 0 saturated carbocycles. The van der Waals surface area contributed by atoms with Crippen LogP contribution >= 0.6 is 12.2 Å². The Labute approximate surface area is 186 Å². The average Bonchev–Trinajstić information content (AvgIpc) is 2.80. The van der Waals surface area contributed by atoms with E-state index in [0.717, 1.165) is 6.42 Å². The highest BCUT2D eigenvalue weighted by Gasteiger charge is 2.17. The van der Waals surface area contributed by atoms with E-state index in [2.05, 4.69) is 23.1 Å². The van der Waals surface area contributed by atoms with Crippen LogP contribution in [0.4, 0.5) is 0 Å². The number of nitrogens with one attached hydrogen (secondary N) is 3. The standard InChI is InChI=1S/C21H25N3O6S/c1-5-13-6-8-15(9-7-13)30-12-18(25)23-24-21(31)22-20(26)14-10-16(27-2)19(29-4)17(11-14)28-3/h6-11H,5,12H2,1-4H3,(H,23,25)(H2,22,24,26,31). The van der Waals surface area contributed by atoms with Crippen molar-refractivity contribution in [3.63, 3.8) is 0 Å². The third kappa shape index (κ3) is 6.75. The molecule has 0 spiro atoms. The van der Waals surface area contributed by atoms with Gasteiger partial charge in [0.05, 0.1) is 21.3 Å². The summed E-state index contributed by atoms with van der Waals surface area (Å²) in [6, 6.07) is 10.4. The number of hydrogen-bond acceptors (Lipinski definition) is 7. The molecule has 0 aromatic heterocycles. The summed E-state index contributed by atoms with van der Waals surface area (Å²) in [4.78, 5) is 24.4. The first-order valence-electron chi connectivity index (χ1n) is 9.33. The molecule has 0 fully saturated rings. The van der Waals surface area contributed by atoms with E-state index in [0.29, 0.717) is 23.0 Å². The maximum Gasteiger partial charge on any atom is 0.276 e. The lowest BCUT2D eigenvalue weighted by Gasteiger charge is -2.15. The van der Waals surface area contributed by atoms with Crippen molar-refractivity contribution in [3.8, 4) is 23.0 Å². The van der Waals surface area contributed by atoms with Crippen LogP contribution in [-0.2, 0) is 11.2 Å². The number of ether oxygens (including phenoxy) is 4. The van der Waals surface area contributed by atoms with Crippen molar-refractivity contribution in [2.45, 2.75) is 13.3 Å². The molecule has 166 valence electrons. The molecule has 2 aromatic carbocycles. The van der Waals surface area contributed by atoms with E-state index in [9.17, 15) is 9.59 Å². The maximum atomic E-state index is 12.5. The van der Waals surface area contributed by atoms with Gasteiger partial charge in [-0.3, -0.25) is 25.8 Å². The number of rotatable bonds is 8. The third-order valence-corrected chi connectivity index (χ3v) is 4.38. The number of hydrazine groups is 1. The molecule has 0 atom stereocenters. The lowest BCUT2D eigenvalue weighted by atomic mass is 10.1. The molecular weight excluding hydrogens is 422 g/mol. The summed E-state index contributed by atoms with van der Waals surface area (Å²) in [7, 11) is 4.35. The molecule has 0 saturated heterocycles. The minimum atomic E-state index is -0.529. The van der Waals surface area contributed by atoms with Gasteiger partial charge in [0.1, 0.15) is 5.75 Å². The zero-order valence-electron chi connectivity index (χ0n) is 17.7. The molecule has 2 aromatic rings. The summed E-state index contributed by atoms with van der Waals surface area (Å²) in [5.41, 5.74) is 6.20. The first kappa shape index (κ1) is 23.7. The van der Waals surface area contributed by atoms with Crippen molar-refractivity contribution >= 4 is 29.1 Å². The largest absolute Gasteiger partial charge is 0.493 e. The van der Waals surface area contributed by atoms with Gasteiger partial charge in [0.15, 0.2) is 23.2 Å². The second-order valence-electron chi connectivity index (χ2n) is 6.16. The van der Waals surface area contributed by atoms with Gasteiger partial charge in [-0.15, -0.1) is 0 Å². The predicted octanol–water partition coefficient (Wildman–Crippen LogP) is 1.99. The van der Waals surface area contributed by atoms with Gasteiger partial charge in [0.25, 0.3) is 11.8 Å². The Kier molecular flexibility index (Phi) is 8.89. The Bertz CT molecular complexity index is 908. The summed E-state index contributed by atoms with van der Waals surface area (Å²) in [5, 5.41) is 2.35. The summed E-state index contributed by atoms with van der Waals surface area (Å²) in [6.07, 6.45) is 0.921. The first-order valence-corrected chi connectivity index (χ1v) is 9.74. The predicted molar refractivity (Wildman–Crippen MR) is 119 cm³/mol. The van der Waals surface area contributed by atoms with E-state index in [1.807, 2.05) is 12.1 Å². The van der Waals surface area contributed by atoms with Gasteiger partial charge in [0.2, 0.25) is 5.75 Å². The Balaban J connectivity index is 1.86. The number of hydrogen-bond donors (Lipinski definition) is 3. The zero-order chi connectivity index (χ0) is 22.8. The zero-order valence-corrected chi connectivity index (χ0v) is 18.6. The molecule has 0 aliphatic carbocycles. The van der Waals surface area contributed by atoms with Crippen LogP contribution in [0.2, 0.25) is 0 Å². The SMILES string of the molecule is CCc1ccc(OCC(=O)NNC(=S)NC(=O)c2cc(OC)c(OC)c(OC)c2)cc1. The second kappa shape index (κ2) is 11.6. The van der Waals surface area contributed by atoms with Crippen molar-refractivity contribution in [2.75, 3.05) is 27.9 Å². The number of methoxy groups -OCH3 is 3. The van der Waals surface area contributed by atoms with E-state index in [-0.39, 0.29) is 17.3 Å². The number of aryl methyl sites for hydroxylation is 1. The normalized spacial score (nSPS) is 9.94. The van der Waals surface area contributed by atoms with E-state index in [1.165, 1.54) is 39.0 Å². The van der Waals surface area contributed by atoms with Crippen molar-refractivity contribution < 1.29 is 28.5 Å². The fourth-order valence-electron chi connectivity index (χ4n) is 2.55. The lowest BCUT2D eigenvalue weighted by molar-refractivity contribution is -0.123. The molecule has 3 N–H and O–H groups in total. The summed E-state index contributed by atoms with van der Waals surface area (Å²) < 4.78 is 21.1. The van der Waals surface area contributed by atoms with Crippen LogP contribution in [0.1, 0.15) is 22.8 Å². The molecule has 0 radical (unpaired) electrons. The number of carbonyl (C=O) groups excluding carboxylic acids is 2. The van der Waals surface area contributed by atoms with Gasteiger partial charge in [-0.05, 0) is 48.5 Å². The highest BCUT2D eigenvalue weighted by atomic mass is 32.1. The minimum absolute atomic E-state index is 0.0978. The Morgan fingerprint density at radius 1 is 0.935 bits per heavy atom. The fraction of sp³-hybridized carbons (Fsp3) is 0.286. The Hall–Kier alpha value is -3.53. The maximum absolute atomic E-state index is 12.5. The van der Waals surface area contributed by atoms with E-state index in [1.54, 1.807) is 12.1 Å². The third-order valence-electron chi connectivity index (χ3n) is 4.17. The molecule has 0 aliphatic rings. The van der Waals surface area contributed by atoms with Gasteiger partial charge in [-0.1, -0.05) is 19.1 Å². The van der Waals surface area contributed by atoms with Crippen LogP contribution in [0.25, 0.3) is 0 Å².